The van der Waals surface area contributed by atoms with E-state index in [1.54, 1.807) is 6.07 Å². The second kappa shape index (κ2) is 4.95. The van der Waals surface area contributed by atoms with Crippen molar-refractivity contribution in [3.05, 3.63) is 45.6 Å². The molecule has 0 saturated carbocycles. The van der Waals surface area contributed by atoms with Crippen molar-refractivity contribution >= 4 is 11.3 Å². The third-order valence-corrected chi connectivity index (χ3v) is 3.28. The van der Waals surface area contributed by atoms with Crippen LogP contribution in [-0.4, -0.2) is 16.3 Å². The van der Waals surface area contributed by atoms with Gasteiger partial charge in [-0.3, -0.25) is 4.79 Å². The molecule has 0 aromatic carbocycles. The molecule has 2 heterocycles. The number of thiophene rings is 1. The summed E-state index contributed by atoms with van der Waals surface area (Å²) in [5.41, 5.74) is 0.476. The normalized spacial score (nSPS) is 10.1. The van der Waals surface area contributed by atoms with Crippen LogP contribution in [0.5, 0.6) is 0 Å². The number of pyridine rings is 1. The van der Waals surface area contributed by atoms with Gasteiger partial charge in [0.25, 0.3) is 5.56 Å². The summed E-state index contributed by atoms with van der Waals surface area (Å²) in [4.78, 5) is 12.9. The predicted octanol–water partition coefficient (Wildman–Crippen LogP) is 1.44. The highest BCUT2D eigenvalue weighted by atomic mass is 32.1. The molecule has 0 aliphatic heterocycles. The van der Waals surface area contributed by atoms with Crippen molar-refractivity contribution in [1.82, 2.24) is 4.57 Å². The number of nitrogens with zero attached hydrogens (tertiary/aromatic N) is 2. The molecule has 5 heteroatoms. The van der Waals surface area contributed by atoms with Gasteiger partial charge in [0, 0.05) is 6.54 Å². The average Bonchev–Trinajstić information content (AvgIpc) is 2.85. The van der Waals surface area contributed by atoms with Crippen molar-refractivity contribution < 1.29 is 5.11 Å². The standard InChI is InChI=1S/C12H10N2O2S/c13-8-9-3-4-10(11-2-1-7-17-11)14(5-6-15)12(9)16/h1-4,7,15H,5-6H2. The molecule has 0 aliphatic carbocycles. The lowest BCUT2D eigenvalue weighted by Crippen LogP contribution is -2.25. The largest absolute Gasteiger partial charge is 0.395 e. The second-order valence-corrected chi connectivity index (χ2v) is 4.35. The van der Waals surface area contributed by atoms with Gasteiger partial charge in [-0.2, -0.15) is 5.26 Å². The molecule has 0 amide bonds. The monoisotopic (exact) mass is 246 g/mol. The van der Waals surface area contributed by atoms with Crippen LogP contribution in [0.3, 0.4) is 0 Å². The van der Waals surface area contributed by atoms with Crippen molar-refractivity contribution in [3.8, 4) is 16.6 Å². The lowest BCUT2D eigenvalue weighted by Gasteiger charge is -2.10. The molecule has 1 N–H and O–H groups in total. The molecule has 0 bridgehead atoms. The van der Waals surface area contributed by atoms with Crippen LogP contribution >= 0.6 is 11.3 Å². The van der Waals surface area contributed by atoms with Gasteiger partial charge in [-0.05, 0) is 23.6 Å². The van der Waals surface area contributed by atoms with Gasteiger partial charge in [-0.25, -0.2) is 0 Å². The van der Waals surface area contributed by atoms with E-state index in [1.807, 2.05) is 23.6 Å². The van der Waals surface area contributed by atoms with E-state index in [-0.39, 0.29) is 24.3 Å². The number of aliphatic hydroxyl groups excluding tert-OH is 1. The number of aromatic nitrogens is 1. The van der Waals surface area contributed by atoms with Gasteiger partial charge in [0.2, 0.25) is 0 Å². The van der Waals surface area contributed by atoms with Gasteiger partial charge >= 0.3 is 0 Å². The molecule has 0 saturated heterocycles. The molecule has 0 aliphatic rings. The second-order valence-electron chi connectivity index (χ2n) is 3.40. The first kappa shape index (κ1) is 11.6. The van der Waals surface area contributed by atoms with Crippen LogP contribution in [0.15, 0.2) is 34.4 Å². The molecule has 2 aromatic rings. The Morgan fingerprint density at radius 1 is 1.41 bits per heavy atom. The van der Waals surface area contributed by atoms with Gasteiger partial charge in [0.15, 0.2) is 0 Å². The Bertz CT molecular complexity index is 608. The quantitative estimate of drug-likeness (QED) is 0.891. The van der Waals surface area contributed by atoms with Crippen LogP contribution < -0.4 is 5.56 Å². The summed E-state index contributed by atoms with van der Waals surface area (Å²) in [5, 5.41) is 19.7. The number of hydrogen-bond acceptors (Lipinski definition) is 4. The van der Waals surface area contributed by atoms with Gasteiger partial charge in [-0.15, -0.1) is 11.3 Å². The molecule has 0 spiro atoms. The molecule has 0 unspecified atom stereocenters. The predicted molar refractivity (Wildman–Crippen MR) is 65.8 cm³/mol. The zero-order valence-electron chi connectivity index (χ0n) is 8.96. The van der Waals surface area contributed by atoms with Crippen molar-refractivity contribution in [1.29, 1.82) is 5.26 Å². The summed E-state index contributed by atoms with van der Waals surface area (Å²) in [6.45, 7) is 0.0642. The maximum atomic E-state index is 11.9. The Hall–Kier alpha value is -1.90. The molecular formula is C12H10N2O2S. The van der Waals surface area contributed by atoms with E-state index in [1.165, 1.54) is 22.0 Å². The van der Waals surface area contributed by atoms with E-state index in [0.29, 0.717) is 0 Å². The van der Waals surface area contributed by atoms with Crippen LogP contribution in [0.4, 0.5) is 0 Å². The fourth-order valence-electron chi connectivity index (χ4n) is 1.62. The maximum Gasteiger partial charge on any atom is 0.269 e. The van der Waals surface area contributed by atoms with Crippen molar-refractivity contribution in [3.63, 3.8) is 0 Å². The molecule has 86 valence electrons. The van der Waals surface area contributed by atoms with E-state index in [9.17, 15) is 4.79 Å². The zero-order chi connectivity index (χ0) is 12.3. The summed E-state index contributed by atoms with van der Waals surface area (Å²) in [7, 11) is 0. The molecular weight excluding hydrogens is 236 g/mol. The first-order chi connectivity index (χ1) is 8.27. The van der Waals surface area contributed by atoms with Crippen molar-refractivity contribution in [2.45, 2.75) is 6.54 Å². The number of hydrogen-bond donors (Lipinski definition) is 1. The summed E-state index contributed by atoms with van der Waals surface area (Å²) in [6.07, 6.45) is 0. The summed E-state index contributed by atoms with van der Waals surface area (Å²) in [6, 6.07) is 8.91. The zero-order valence-corrected chi connectivity index (χ0v) is 9.78. The Kier molecular flexibility index (Phi) is 3.38. The van der Waals surface area contributed by atoms with E-state index >= 15 is 0 Å². The van der Waals surface area contributed by atoms with Gasteiger partial charge < -0.3 is 9.67 Å². The maximum absolute atomic E-state index is 11.9. The fraction of sp³-hybridized carbons (Fsp3) is 0.167. The smallest absolute Gasteiger partial charge is 0.269 e. The number of aliphatic hydroxyl groups is 1. The Balaban J connectivity index is 2.65. The lowest BCUT2D eigenvalue weighted by molar-refractivity contribution is 0.275. The molecule has 0 fully saturated rings. The fourth-order valence-corrected chi connectivity index (χ4v) is 2.38. The summed E-state index contributed by atoms with van der Waals surface area (Å²) >= 11 is 1.51. The van der Waals surface area contributed by atoms with Crippen molar-refractivity contribution in [2.24, 2.45) is 0 Å². The first-order valence-corrected chi connectivity index (χ1v) is 5.94. The van der Waals surface area contributed by atoms with Crippen LogP contribution in [0.25, 0.3) is 10.6 Å². The lowest BCUT2D eigenvalue weighted by atomic mass is 10.2. The highest BCUT2D eigenvalue weighted by Gasteiger charge is 2.10. The van der Waals surface area contributed by atoms with Crippen LogP contribution in [0, 0.1) is 11.3 Å². The van der Waals surface area contributed by atoms with Gasteiger partial charge in [0.1, 0.15) is 11.6 Å². The van der Waals surface area contributed by atoms with E-state index in [0.717, 1.165) is 10.6 Å². The third kappa shape index (κ3) is 2.13. The van der Waals surface area contributed by atoms with E-state index < -0.39 is 0 Å². The minimum absolute atomic E-state index is 0.0961. The first-order valence-electron chi connectivity index (χ1n) is 5.06. The van der Waals surface area contributed by atoms with Crippen LogP contribution in [0.1, 0.15) is 5.56 Å². The molecule has 17 heavy (non-hydrogen) atoms. The topological polar surface area (TPSA) is 66.0 Å². The van der Waals surface area contributed by atoms with Crippen LogP contribution in [-0.2, 0) is 6.54 Å². The Labute approximate surface area is 102 Å². The third-order valence-electron chi connectivity index (χ3n) is 2.39. The van der Waals surface area contributed by atoms with Gasteiger partial charge in [0.05, 0.1) is 17.2 Å². The number of nitriles is 1. The minimum Gasteiger partial charge on any atom is -0.395 e. The Morgan fingerprint density at radius 3 is 2.82 bits per heavy atom. The molecule has 0 atom stereocenters. The molecule has 2 rings (SSSR count). The van der Waals surface area contributed by atoms with Crippen molar-refractivity contribution in [2.75, 3.05) is 6.61 Å². The summed E-state index contributed by atoms with van der Waals surface area (Å²) < 4.78 is 1.43. The van der Waals surface area contributed by atoms with E-state index in [4.69, 9.17) is 10.4 Å². The average molecular weight is 246 g/mol. The van der Waals surface area contributed by atoms with Crippen LogP contribution in [0.2, 0.25) is 0 Å². The van der Waals surface area contributed by atoms with E-state index in [2.05, 4.69) is 0 Å². The minimum atomic E-state index is -0.354. The Morgan fingerprint density at radius 2 is 2.24 bits per heavy atom. The highest BCUT2D eigenvalue weighted by Crippen LogP contribution is 2.23. The molecule has 0 radical (unpaired) electrons. The SMILES string of the molecule is N#Cc1ccc(-c2cccs2)n(CCO)c1=O. The highest BCUT2D eigenvalue weighted by molar-refractivity contribution is 7.13. The molecule has 4 nitrogen and oxygen atoms in total. The number of rotatable bonds is 3. The molecule has 2 aromatic heterocycles. The summed E-state index contributed by atoms with van der Waals surface area (Å²) in [5.74, 6) is 0. The van der Waals surface area contributed by atoms with Gasteiger partial charge in [-0.1, -0.05) is 6.07 Å².